The highest BCUT2D eigenvalue weighted by Gasteiger charge is 2.53. The third-order valence-electron chi connectivity index (χ3n) is 4.13. The molecule has 2 rings (SSSR count). The molecule has 1 heterocycles. The molecule has 1 aliphatic rings. The van der Waals surface area contributed by atoms with Crippen LogP contribution in [0.25, 0.3) is 0 Å². The maximum atomic E-state index is 6.27. The van der Waals surface area contributed by atoms with Crippen LogP contribution in [0.1, 0.15) is 44.8 Å². The van der Waals surface area contributed by atoms with Gasteiger partial charge in [0.1, 0.15) is 0 Å². The Morgan fingerprint density at radius 1 is 1.16 bits per heavy atom. The molecule has 1 atom stereocenters. The summed E-state index contributed by atoms with van der Waals surface area (Å²) in [6.07, 6.45) is 0. The molecule has 19 heavy (non-hydrogen) atoms. The van der Waals surface area contributed by atoms with Crippen molar-refractivity contribution in [2.75, 3.05) is 0 Å². The maximum absolute atomic E-state index is 6.27. The Bertz CT molecular complexity index is 474. The lowest BCUT2D eigenvalue weighted by Gasteiger charge is -2.32. The Morgan fingerprint density at radius 3 is 2.16 bits per heavy atom. The van der Waals surface area contributed by atoms with Crippen molar-refractivity contribution in [2.45, 2.75) is 51.8 Å². The lowest BCUT2D eigenvalue weighted by Crippen LogP contribution is -2.41. The first-order valence-corrected chi connectivity index (χ1v) is 6.89. The normalized spacial score (nSPS) is 22.6. The molecular formula is C14H21BClNO2. The Kier molecular flexibility index (Phi) is 3.73. The highest BCUT2D eigenvalue weighted by molar-refractivity contribution is 6.47. The zero-order valence-electron chi connectivity index (χ0n) is 12.2. The second-order valence-electron chi connectivity index (χ2n) is 6.16. The van der Waals surface area contributed by atoms with Gasteiger partial charge in [-0.25, -0.2) is 0 Å². The highest BCUT2D eigenvalue weighted by atomic mass is 35.5. The first kappa shape index (κ1) is 14.9. The molecule has 1 aromatic carbocycles. The van der Waals surface area contributed by atoms with Crippen LogP contribution in [0.4, 0.5) is 0 Å². The molecule has 0 aromatic heterocycles. The van der Waals surface area contributed by atoms with Crippen molar-refractivity contribution >= 4 is 18.7 Å². The molecule has 0 bridgehead atoms. The topological polar surface area (TPSA) is 44.5 Å². The van der Waals surface area contributed by atoms with Gasteiger partial charge in [0.25, 0.3) is 0 Å². The molecule has 0 radical (unpaired) electrons. The quantitative estimate of drug-likeness (QED) is 0.846. The van der Waals surface area contributed by atoms with E-state index in [1.165, 1.54) is 0 Å². The van der Waals surface area contributed by atoms with Crippen LogP contribution in [0.2, 0.25) is 5.02 Å². The summed E-state index contributed by atoms with van der Waals surface area (Å²) in [6, 6.07) is 5.76. The van der Waals surface area contributed by atoms with Gasteiger partial charge in [-0.2, -0.15) is 0 Å². The molecule has 5 heteroatoms. The summed E-state index contributed by atoms with van der Waals surface area (Å²) < 4.78 is 11.9. The van der Waals surface area contributed by atoms with Gasteiger partial charge in [0.2, 0.25) is 0 Å². The van der Waals surface area contributed by atoms with Crippen LogP contribution >= 0.6 is 11.6 Å². The van der Waals surface area contributed by atoms with Gasteiger partial charge >= 0.3 is 7.12 Å². The van der Waals surface area contributed by atoms with Crippen LogP contribution in [-0.2, 0) is 9.31 Å². The van der Waals surface area contributed by atoms with E-state index in [9.17, 15) is 0 Å². The average molecular weight is 282 g/mol. The third-order valence-corrected chi connectivity index (χ3v) is 4.56. The van der Waals surface area contributed by atoms with Crippen LogP contribution in [0.5, 0.6) is 0 Å². The van der Waals surface area contributed by atoms with Crippen molar-refractivity contribution in [2.24, 2.45) is 5.73 Å². The summed E-state index contributed by atoms with van der Waals surface area (Å²) in [6.45, 7) is 10.0. The summed E-state index contributed by atoms with van der Waals surface area (Å²) in [5.74, 6) is -0.322. The summed E-state index contributed by atoms with van der Waals surface area (Å²) in [4.78, 5) is 0. The lowest BCUT2D eigenvalue weighted by molar-refractivity contribution is 0.00578. The summed E-state index contributed by atoms with van der Waals surface area (Å²) >= 11 is 6.03. The number of nitrogens with two attached hydrogens (primary N) is 1. The van der Waals surface area contributed by atoms with E-state index in [0.717, 1.165) is 16.1 Å². The van der Waals surface area contributed by atoms with Crippen molar-refractivity contribution < 1.29 is 9.31 Å². The number of aryl methyl sites for hydroxylation is 1. The highest BCUT2D eigenvalue weighted by Crippen LogP contribution is 2.39. The van der Waals surface area contributed by atoms with Crippen molar-refractivity contribution in [1.29, 1.82) is 0 Å². The van der Waals surface area contributed by atoms with Crippen LogP contribution in [0, 0.1) is 6.92 Å². The fraction of sp³-hybridized carbons (Fsp3) is 0.571. The van der Waals surface area contributed by atoms with Gasteiger partial charge in [0, 0.05) is 5.02 Å². The predicted molar refractivity (Wildman–Crippen MR) is 79.2 cm³/mol. The number of rotatable bonds is 2. The molecule has 1 aromatic rings. The van der Waals surface area contributed by atoms with E-state index in [2.05, 4.69) is 0 Å². The lowest BCUT2D eigenvalue weighted by atomic mass is 9.74. The molecule has 0 amide bonds. The van der Waals surface area contributed by atoms with Crippen molar-refractivity contribution in [3.63, 3.8) is 0 Å². The zero-order valence-corrected chi connectivity index (χ0v) is 12.9. The van der Waals surface area contributed by atoms with Crippen LogP contribution in [0.15, 0.2) is 18.2 Å². The maximum Gasteiger partial charge on any atom is 0.480 e. The van der Waals surface area contributed by atoms with Crippen LogP contribution in [-0.4, -0.2) is 18.3 Å². The summed E-state index contributed by atoms with van der Waals surface area (Å²) in [5.41, 5.74) is 7.52. The number of benzene rings is 1. The monoisotopic (exact) mass is 281 g/mol. The summed E-state index contributed by atoms with van der Waals surface area (Å²) in [5, 5.41) is 0.741. The molecule has 0 aliphatic carbocycles. The second kappa shape index (κ2) is 4.78. The predicted octanol–water partition coefficient (Wildman–Crippen LogP) is 3.28. The van der Waals surface area contributed by atoms with Gasteiger partial charge in [-0.3, -0.25) is 0 Å². The average Bonchev–Trinajstić information content (AvgIpc) is 2.51. The molecule has 0 unspecified atom stereocenters. The molecular weight excluding hydrogens is 260 g/mol. The van der Waals surface area contributed by atoms with E-state index in [4.69, 9.17) is 26.6 Å². The smallest absolute Gasteiger partial charge is 0.402 e. The van der Waals surface area contributed by atoms with Gasteiger partial charge in [-0.05, 0) is 51.8 Å². The van der Waals surface area contributed by atoms with Crippen molar-refractivity contribution in [3.05, 3.63) is 34.3 Å². The largest absolute Gasteiger partial charge is 0.480 e. The number of hydrogen-bond acceptors (Lipinski definition) is 3. The van der Waals surface area contributed by atoms with Gasteiger partial charge in [0.15, 0.2) is 0 Å². The molecule has 0 saturated carbocycles. The van der Waals surface area contributed by atoms with Crippen LogP contribution in [0.3, 0.4) is 0 Å². The molecule has 2 N–H and O–H groups in total. The first-order valence-electron chi connectivity index (χ1n) is 6.51. The Balaban J connectivity index is 2.22. The Labute approximate surface area is 120 Å². The summed E-state index contributed by atoms with van der Waals surface area (Å²) in [7, 11) is -0.439. The van der Waals surface area contributed by atoms with Gasteiger partial charge in [0.05, 0.1) is 17.1 Å². The van der Waals surface area contributed by atoms with E-state index in [1.54, 1.807) is 0 Å². The van der Waals surface area contributed by atoms with E-state index < -0.39 is 7.12 Å². The number of halogens is 1. The minimum Gasteiger partial charge on any atom is -0.402 e. The van der Waals surface area contributed by atoms with E-state index in [-0.39, 0.29) is 17.1 Å². The van der Waals surface area contributed by atoms with Crippen LogP contribution < -0.4 is 5.73 Å². The minimum atomic E-state index is -0.439. The first-order chi connectivity index (χ1) is 8.64. The fourth-order valence-electron chi connectivity index (χ4n) is 2.07. The molecule has 0 spiro atoms. The SMILES string of the molecule is Cc1cc([C@H](N)B2OC(C)(C)C(C)(C)O2)ccc1Cl. The molecule has 1 fully saturated rings. The minimum absolute atomic E-state index is 0.322. The van der Waals surface area contributed by atoms with E-state index in [0.29, 0.717) is 0 Å². The van der Waals surface area contributed by atoms with E-state index >= 15 is 0 Å². The molecule has 104 valence electrons. The Morgan fingerprint density at radius 2 is 1.68 bits per heavy atom. The zero-order chi connectivity index (χ0) is 14.4. The second-order valence-corrected chi connectivity index (χ2v) is 6.57. The molecule has 3 nitrogen and oxygen atoms in total. The number of hydrogen-bond donors (Lipinski definition) is 1. The Hall–Kier alpha value is -0.545. The molecule has 1 aliphatic heterocycles. The van der Waals surface area contributed by atoms with Gasteiger partial charge in [-0.15, -0.1) is 0 Å². The third kappa shape index (κ3) is 2.68. The van der Waals surface area contributed by atoms with Gasteiger partial charge in [-0.1, -0.05) is 23.7 Å². The van der Waals surface area contributed by atoms with Crippen molar-refractivity contribution in [3.8, 4) is 0 Å². The standard InChI is InChI=1S/C14H21BClNO2/c1-9-8-10(6-7-11(9)16)12(17)15-18-13(2,3)14(4,5)19-15/h6-8,12H,17H2,1-5H3/t12-/m0/s1. The molecule has 1 saturated heterocycles. The fourth-order valence-corrected chi connectivity index (χ4v) is 2.19. The van der Waals surface area contributed by atoms with Crippen molar-refractivity contribution in [1.82, 2.24) is 0 Å². The van der Waals surface area contributed by atoms with E-state index in [1.807, 2.05) is 52.8 Å². The van der Waals surface area contributed by atoms with Gasteiger partial charge < -0.3 is 15.0 Å².